The number of hydrogen-bond donors (Lipinski definition) is 0. The molecule has 320 valence electrons. The van der Waals surface area contributed by atoms with Crippen molar-refractivity contribution >= 4 is 11.9 Å². The quantitative estimate of drug-likeness (QED) is 0.0475. The number of hydrogen-bond acceptors (Lipinski definition) is 5. The molecule has 1 aliphatic rings. The maximum absolute atomic E-state index is 12.4. The second-order valence-electron chi connectivity index (χ2n) is 19.7. The highest BCUT2D eigenvalue weighted by molar-refractivity contribution is 5.69. The Balaban J connectivity index is 2.23. The number of likely N-dealkylation sites (tertiary alicyclic amines) is 1. The van der Waals surface area contributed by atoms with Gasteiger partial charge in [0.15, 0.2) is 0 Å². The minimum atomic E-state index is 0.00552. The summed E-state index contributed by atoms with van der Waals surface area (Å²) in [6, 6.07) is 0. The van der Waals surface area contributed by atoms with Crippen molar-refractivity contribution in [3.8, 4) is 0 Å². The fraction of sp³-hybridized carbons (Fsp3) is 0.959. The Morgan fingerprint density at radius 3 is 1.24 bits per heavy atom. The second kappa shape index (κ2) is 31.9. The number of carbonyl (C=O) groups excluding carboxylic acids is 2. The summed E-state index contributed by atoms with van der Waals surface area (Å²) >= 11 is 0. The SMILES string of the molecule is CC(C)CCC(COC(=O)CCCCCCCCCC(C)(CCCCCCCCCC(=O)OCC(CCC(C)C)C(C)C)CCN1CCCCC1)C(C)C. The lowest BCUT2D eigenvalue weighted by atomic mass is 9.76. The molecule has 0 aliphatic carbocycles. The fourth-order valence-electron chi connectivity index (χ4n) is 8.25. The van der Waals surface area contributed by atoms with Gasteiger partial charge in [0.05, 0.1) is 13.2 Å². The molecule has 1 saturated heterocycles. The molecule has 5 heteroatoms. The fourth-order valence-corrected chi connectivity index (χ4v) is 8.25. The summed E-state index contributed by atoms with van der Waals surface area (Å²) in [5.74, 6) is 3.52. The molecule has 2 unspecified atom stereocenters. The van der Waals surface area contributed by atoms with E-state index in [9.17, 15) is 9.59 Å². The number of esters is 2. The smallest absolute Gasteiger partial charge is 0.305 e. The van der Waals surface area contributed by atoms with Crippen LogP contribution in [0.4, 0.5) is 0 Å². The molecule has 0 aromatic carbocycles. The van der Waals surface area contributed by atoms with Crippen LogP contribution in [0.25, 0.3) is 0 Å². The normalized spacial score (nSPS) is 16.3. The number of nitrogens with zero attached hydrogens (tertiary/aromatic N) is 1. The molecule has 0 aromatic rings. The summed E-state index contributed by atoms with van der Waals surface area (Å²) in [7, 11) is 0. The van der Waals surface area contributed by atoms with Crippen molar-refractivity contribution in [2.75, 3.05) is 32.8 Å². The zero-order valence-electron chi connectivity index (χ0n) is 38.0. The Kier molecular flexibility index (Phi) is 30.1. The Hall–Kier alpha value is -1.10. The van der Waals surface area contributed by atoms with Crippen LogP contribution in [0.1, 0.15) is 229 Å². The molecule has 0 saturated carbocycles. The Morgan fingerprint density at radius 2 is 0.870 bits per heavy atom. The minimum absolute atomic E-state index is 0.00552. The zero-order valence-corrected chi connectivity index (χ0v) is 38.0. The molecular weight excluding hydrogens is 667 g/mol. The van der Waals surface area contributed by atoms with Gasteiger partial charge in [-0.1, -0.05) is 159 Å². The van der Waals surface area contributed by atoms with E-state index in [1.54, 1.807) is 0 Å². The highest BCUT2D eigenvalue weighted by atomic mass is 16.5. The second-order valence-corrected chi connectivity index (χ2v) is 19.7. The van der Waals surface area contributed by atoms with Crippen LogP contribution in [0, 0.1) is 40.9 Å². The molecular formula is C49H95NO4. The Labute approximate surface area is 338 Å². The lowest BCUT2D eigenvalue weighted by Gasteiger charge is -2.34. The van der Waals surface area contributed by atoms with Gasteiger partial charge in [-0.2, -0.15) is 0 Å². The Morgan fingerprint density at radius 1 is 0.500 bits per heavy atom. The number of ether oxygens (including phenoxy) is 2. The van der Waals surface area contributed by atoms with Gasteiger partial charge in [0.25, 0.3) is 0 Å². The van der Waals surface area contributed by atoms with Crippen molar-refractivity contribution in [3.05, 3.63) is 0 Å². The predicted molar refractivity (Wildman–Crippen MR) is 233 cm³/mol. The van der Waals surface area contributed by atoms with E-state index in [4.69, 9.17) is 9.47 Å². The van der Waals surface area contributed by atoms with Gasteiger partial charge in [0.2, 0.25) is 0 Å². The summed E-state index contributed by atoms with van der Waals surface area (Å²) in [6.45, 7) is 25.8. The third kappa shape index (κ3) is 28.3. The first-order valence-electron chi connectivity index (χ1n) is 23.8. The van der Waals surface area contributed by atoms with E-state index in [1.165, 1.54) is 135 Å². The first kappa shape index (κ1) is 50.9. The van der Waals surface area contributed by atoms with Gasteiger partial charge < -0.3 is 14.4 Å². The molecule has 1 rings (SSSR count). The summed E-state index contributed by atoms with van der Waals surface area (Å²) in [4.78, 5) is 27.4. The molecule has 54 heavy (non-hydrogen) atoms. The van der Waals surface area contributed by atoms with Crippen LogP contribution in [0.2, 0.25) is 0 Å². The molecule has 1 fully saturated rings. The lowest BCUT2D eigenvalue weighted by molar-refractivity contribution is -0.146. The molecule has 1 aliphatic heterocycles. The van der Waals surface area contributed by atoms with Gasteiger partial charge in [-0.3, -0.25) is 9.59 Å². The summed E-state index contributed by atoms with van der Waals surface area (Å²) in [5, 5.41) is 0. The van der Waals surface area contributed by atoms with E-state index in [2.05, 4.69) is 67.2 Å². The maximum Gasteiger partial charge on any atom is 0.305 e. The number of piperidine rings is 1. The van der Waals surface area contributed by atoms with Crippen molar-refractivity contribution in [2.45, 2.75) is 229 Å². The van der Waals surface area contributed by atoms with E-state index in [1.807, 2.05) is 0 Å². The number of unbranched alkanes of at least 4 members (excludes halogenated alkanes) is 12. The molecule has 0 aromatic heterocycles. The van der Waals surface area contributed by atoms with Crippen molar-refractivity contribution < 1.29 is 19.1 Å². The molecule has 0 spiro atoms. The first-order chi connectivity index (χ1) is 25.8. The minimum Gasteiger partial charge on any atom is -0.465 e. The third-order valence-corrected chi connectivity index (χ3v) is 12.8. The summed E-state index contributed by atoms with van der Waals surface area (Å²) in [5.41, 5.74) is 0.463. The maximum atomic E-state index is 12.4. The van der Waals surface area contributed by atoms with E-state index < -0.39 is 0 Å². The van der Waals surface area contributed by atoms with Crippen LogP contribution in [0.3, 0.4) is 0 Å². The number of rotatable bonds is 35. The molecule has 0 bridgehead atoms. The van der Waals surface area contributed by atoms with E-state index in [0.29, 0.717) is 67.0 Å². The highest BCUT2D eigenvalue weighted by Crippen LogP contribution is 2.36. The van der Waals surface area contributed by atoms with Crippen molar-refractivity contribution in [2.24, 2.45) is 40.9 Å². The first-order valence-corrected chi connectivity index (χ1v) is 23.8. The summed E-state index contributed by atoms with van der Waals surface area (Å²) in [6.07, 6.45) is 31.5. The van der Waals surface area contributed by atoms with Crippen LogP contribution in [-0.4, -0.2) is 49.7 Å². The van der Waals surface area contributed by atoms with Crippen LogP contribution < -0.4 is 0 Å². The number of carbonyl (C=O) groups is 2. The van der Waals surface area contributed by atoms with Crippen molar-refractivity contribution in [1.29, 1.82) is 0 Å². The van der Waals surface area contributed by atoms with E-state index >= 15 is 0 Å². The van der Waals surface area contributed by atoms with Crippen molar-refractivity contribution in [3.63, 3.8) is 0 Å². The van der Waals surface area contributed by atoms with Crippen LogP contribution in [-0.2, 0) is 19.1 Å². The Bertz CT molecular complexity index is 834. The molecule has 0 N–H and O–H groups in total. The molecule has 2 atom stereocenters. The topological polar surface area (TPSA) is 55.8 Å². The monoisotopic (exact) mass is 762 g/mol. The van der Waals surface area contributed by atoms with Crippen LogP contribution in [0.5, 0.6) is 0 Å². The average Bonchev–Trinajstić information content (AvgIpc) is 3.12. The largest absolute Gasteiger partial charge is 0.465 e. The van der Waals surface area contributed by atoms with Gasteiger partial charge in [-0.15, -0.1) is 0 Å². The predicted octanol–water partition coefficient (Wildman–Crippen LogP) is 14.4. The molecule has 1 heterocycles. The highest BCUT2D eigenvalue weighted by Gasteiger charge is 2.25. The van der Waals surface area contributed by atoms with Crippen molar-refractivity contribution in [1.82, 2.24) is 4.90 Å². The van der Waals surface area contributed by atoms with Gasteiger partial charge in [0, 0.05) is 12.8 Å². The third-order valence-electron chi connectivity index (χ3n) is 12.8. The van der Waals surface area contributed by atoms with E-state index in [0.717, 1.165) is 38.5 Å². The molecule has 0 amide bonds. The van der Waals surface area contributed by atoms with Gasteiger partial charge in [-0.25, -0.2) is 0 Å². The molecule has 0 radical (unpaired) electrons. The summed E-state index contributed by atoms with van der Waals surface area (Å²) < 4.78 is 11.4. The average molecular weight is 762 g/mol. The van der Waals surface area contributed by atoms with Gasteiger partial charge >= 0.3 is 11.9 Å². The molecule has 5 nitrogen and oxygen atoms in total. The standard InChI is InChI=1S/C49H95NO4/c1-41(2)29-31-45(43(5)6)39-53-47(51)27-21-16-12-10-14-18-23-33-49(9,35-38-50-36-25-20-26-37-50)34-24-19-15-11-13-17-22-28-48(52)54-40-46(44(7)8)32-30-42(3)4/h41-46H,10-40H2,1-9H3. The lowest BCUT2D eigenvalue weighted by Crippen LogP contribution is -2.33. The van der Waals surface area contributed by atoms with E-state index in [-0.39, 0.29) is 11.9 Å². The van der Waals surface area contributed by atoms with Gasteiger partial charge in [-0.05, 0) is 118 Å². The van der Waals surface area contributed by atoms with Crippen LogP contribution >= 0.6 is 0 Å². The zero-order chi connectivity index (χ0) is 40.0. The van der Waals surface area contributed by atoms with Crippen LogP contribution in [0.15, 0.2) is 0 Å². The van der Waals surface area contributed by atoms with Gasteiger partial charge in [0.1, 0.15) is 0 Å².